The van der Waals surface area contributed by atoms with Crippen molar-refractivity contribution >= 4 is 38.7 Å². The zero-order chi connectivity index (χ0) is 32.2. The van der Waals surface area contributed by atoms with Crippen LogP contribution in [-0.4, -0.2) is 62.0 Å². The Morgan fingerprint density at radius 1 is 1.09 bits per heavy atom. The zero-order valence-electron chi connectivity index (χ0n) is 24.3. The molecule has 1 radical (unpaired) electrons. The molecule has 0 aliphatic carbocycles. The van der Waals surface area contributed by atoms with E-state index in [1.807, 2.05) is 0 Å². The number of carbonyl (C=O) groups excluding carboxylic acids is 3. The monoisotopic (exact) mass is 629 g/mol. The molecular formula is C30H25N6O8S. The third-order valence-electron chi connectivity index (χ3n) is 7.59. The minimum Gasteiger partial charge on any atom is -0.457 e. The van der Waals surface area contributed by atoms with Crippen LogP contribution in [0.15, 0.2) is 51.1 Å². The summed E-state index contributed by atoms with van der Waals surface area (Å²) in [6, 6.07) is 12.4. The molecule has 229 valence electrons. The quantitative estimate of drug-likeness (QED) is 0.240. The smallest absolute Gasteiger partial charge is 0.333 e. The first-order valence-corrected chi connectivity index (χ1v) is 15.6. The van der Waals surface area contributed by atoms with Gasteiger partial charge in [-0.15, -0.1) is 0 Å². The molecular weight excluding hydrogens is 604 g/mol. The lowest BCUT2D eigenvalue weighted by Gasteiger charge is -2.29. The minimum absolute atomic E-state index is 0.0396. The van der Waals surface area contributed by atoms with Gasteiger partial charge in [-0.1, -0.05) is 17.9 Å². The summed E-state index contributed by atoms with van der Waals surface area (Å²) >= 11 is 0. The van der Waals surface area contributed by atoms with Crippen molar-refractivity contribution in [2.24, 2.45) is 14.1 Å². The summed E-state index contributed by atoms with van der Waals surface area (Å²) in [5, 5.41) is 1.93. The van der Waals surface area contributed by atoms with Gasteiger partial charge in [-0.2, -0.15) is 4.98 Å². The largest absolute Gasteiger partial charge is 0.457 e. The number of rotatable bonds is 5. The second-order valence-electron chi connectivity index (χ2n) is 10.7. The Morgan fingerprint density at radius 3 is 2.60 bits per heavy atom. The number of benzene rings is 2. The number of aryl methyl sites for hydroxylation is 1. The van der Waals surface area contributed by atoms with Gasteiger partial charge < -0.3 is 14.2 Å². The number of amides is 3. The fourth-order valence-electron chi connectivity index (χ4n) is 5.40. The van der Waals surface area contributed by atoms with Crippen LogP contribution >= 0.6 is 0 Å². The van der Waals surface area contributed by atoms with Crippen molar-refractivity contribution in [3.05, 3.63) is 80.0 Å². The van der Waals surface area contributed by atoms with Gasteiger partial charge in [-0.05, 0) is 42.3 Å². The summed E-state index contributed by atoms with van der Waals surface area (Å²) < 4.78 is 33.5. The molecule has 6 rings (SSSR count). The molecule has 4 aromatic rings. The van der Waals surface area contributed by atoms with E-state index in [1.54, 1.807) is 36.4 Å². The van der Waals surface area contributed by atoms with Crippen molar-refractivity contribution in [2.45, 2.75) is 37.1 Å². The summed E-state index contributed by atoms with van der Waals surface area (Å²) in [6.07, 6.45) is 1.38. The highest BCUT2D eigenvalue weighted by Gasteiger charge is 2.39. The fraction of sp³-hybridized carbons (Fsp3) is 0.267. The van der Waals surface area contributed by atoms with E-state index >= 15 is 0 Å². The highest BCUT2D eigenvalue weighted by molar-refractivity contribution is 7.90. The first-order chi connectivity index (χ1) is 21.3. The van der Waals surface area contributed by atoms with Gasteiger partial charge in [-0.25, -0.2) is 13.2 Å². The Balaban J connectivity index is 1.22. The van der Waals surface area contributed by atoms with Gasteiger partial charge in [0.05, 0.1) is 6.54 Å². The maximum absolute atomic E-state index is 12.9. The number of imidazole rings is 1. The second-order valence-corrected chi connectivity index (χ2v) is 12.6. The maximum Gasteiger partial charge on any atom is 0.333 e. The lowest BCUT2D eigenvalue weighted by molar-refractivity contribution is -0.136. The van der Waals surface area contributed by atoms with Crippen LogP contribution in [0.2, 0.25) is 0 Å². The molecule has 15 heteroatoms. The maximum atomic E-state index is 12.9. The number of piperidine rings is 1. The van der Waals surface area contributed by atoms with Crippen LogP contribution in [0.25, 0.3) is 11.2 Å². The zero-order valence-corrected chi connectivity index (χ0v) is 25.1. The van der Waals surface area contributed by atoms with E-state index in [2.05, 4.69) is 28.2 Å². The lowest BCUT2D eigenvalue weighted by Crippen LogP contribution is -2.52. The van der Waals surface area contributed by atoms with Crippen molar-refractivity contribution in [1.29, 1.82) is 0 Å². The molecule has 0 saturated carbocycles. The minimum atomic E-state index is -3.78. The number of carbonyl (C=O) groups is 3. The molecule has 0 bridgehead atoms. The average molecular weight is 630 g/mol. The van der Waals surface area contributed by atoms with Crippen LogP contribution in [0.5, 0.6) is 11.5 Å². The van der Waals surface area contributed by atoms with E-state index in [-0.39, 0.29) is 54.1 Å². The van der Waals surface area contributed by atoms with Gasteiger partial charge in [0, 0.05) is 50.5 Å². The van der Waals surface area contributed by atoms with Crippen LogP contribution in [-0.2, 0) is 46.6 Å². The van der Waals surface area contributed by atoms with Gasteiger partial charge in [-0.3, -0.25) is 33.6 Å². The van der Waals surface area contributed by atoms with Crippen molar-refractivity contribution in [3.63, 3.8) is 0 Å². The third-order valence-corrected chi connectivity index (χ3v) is 8.61. The summed E-state index contributed by atoms with van der Waals surface area (Å²) in [5.74, 6) is 5.42. The van der Waals surface area contributed by atoms with Gasteiger partial charge in [0.25, 0.3) is 11.5 Å². The standard InChI is InChI=1S/C30H25N6O8S/c1-33-24-25(32-29(33)45(3,42)43)35(30(41)34(2)28(24)40)13-5-7-17-6-4-8-19(14-17)44-20-9-10-21-18(15-20)16-36(27(21)39)22-11-12-23(37)31-26(22)38/h4,6,8-10,14,22H,11-13,16H2,1-3H3,(H,31,37,38). The molecule has 4 heterocycles. The van der Waals surface area contributed by atoms with Crippen LogP contribution < -0.4 is 21.3 Å². The first kappa shape index (κ1) is 29.6. The fourth-order valence-corrected chi connectivity index (χ4v) is 6.24. The Morgan fingerprint density at radius 2 is 1.87 bits per heavy atom. The Labute approximate surface area is 255 Å². The van der Waals surface area contributed by atoms with Crippen molar-refractivity contribution in [2.75, 3.05) is 6.26 Å². The molecule has 2 aliphatic rings. The molecule has 1 N–H and O–H groups in total. The van der Waals surface area contributed by atoms with E-state index in [4.69, 9.17) is 4.74 Å². The summed E-state index contributed by atoms with van der Waals surface area (Å²) in [5.41, 5.74) is 0.0252. The Hall–Kier alpha value is -5.49. The van der Waals surface area contributed by atoms with E-state index in [9.17, 15) is 32.4 Å². The molecule has 2 aliphatic heterocycles. The summed E-state index contributed by atoms with van der Waals surface area (Å²) in [4.78, 5) is 67.9. The Kier molecular flexibility index (Phi) is 7.16. The molecule has 1 atom stereocenters. The molecule has 1 unspecified atom stereocenters. The number of nitrogens with zero attached hydrogens (tertiary/aromatic N) is 5. The number of nitrogens with one attached hydrogen (secondary N) is 1. The molecule has 2 aromatic carbocycles. The molecule has 1 fully saturated rings. The van der Waals surface area contributed by atoms with Crippen molar-refractivity contribution < 1.29 is 27.5 Å². The number of hydrogen-bond donors (Lipinski definition) is 1. The molecule has 3 amide bonds. The number of hydrogen-bond acceptors (Lipinski definition) is 9. The SMILES string of the molecule is Cn1c(=O)c2c(nc(S(C)(=O)=O)n2C)n(CC#Cc2cccc(Oc3[c]c4c(cc3)C(=O)N(C3CCC(=O)NC3=O)C4)c2)c1=O. The molecule has 0 spiro atoms. The van der Waals surface area contributed by atoms with E-state index < -0.39 is 33.0 Å². The topological polar surface area (TPSA) is 172 Å². The van der Waals surface area contributed by atoms with Crippen molar-refractivity contribution in [1.82, 2.24) is 28.9 Å². The third kappa shape index (κ3) is 5.29. The average Bonchev–Trinajstić information content (AvgIpc) is 3.50. The number of fused-ring (bicyclic) bond motifs is 2. The predicted molar refractivity (Wildman–Crippen MR) is 158 cm³/mol. The van der Waals surface area contributed by atoms with Gasteiger partial charge in [0.1, 0.15) is 17.5 Å². The number of ether oxygens (including phenoxy) is 1. The van der Waals surface area contributed by atoms with E-state index in [0.717, 1.165) is 20.0 Å². The van der Waals surface area contributed by atoms with Crippen LogP contribution in [0.1, 0.15) is 34.3 Å². The van der Waals surface area contributed by atoms with Gasteiger partial charge in [0.15, 0.2) is 11.2 Å². The first-order valence-electron chi connectivity index (χ1n) is 13.7. The van der Waals surface area contributed by atoms with Gasteiger partial charge in [0.2, 0.25) is 26.8 Å². The number of imide groups is 1. The summed E-state index contributed by atoms with van der Waals surface area (Å²) in [7, 11) is -1.09. The van der Waals surface area contributed by atoms with Crippen molar-refractivity contribution in [3.8, 4) is 23.3 Å². The highest BCUT2D eigenvalue weighted by Crippen LogP contribution is 2.31. The summed E-state index contributed by atoms with van der Waals surface area (Å²) in [6.45, 7) is -0.0200. The number of sulfone groups is 1. The van der Waals surface area contributed by atoms with Gasteiger partial charge >= 0.3 is 5.69 Å². The predicted octanol–water partition coefficient (Wildman–Crippen LogP) is 0.242. The van der Waals surface area contributed by atoms with Crippen LogP contribution in [0.3, 0.4) is 0 Å². The van der Waals surface area contributed by atoms with E-state index in [1.165, 1.54) is 19.0 Å². The second kappa shape index (κ2) is 10.9. The lowest BCUT2D eigenvalue weighted by atomic mass is 10.0. The Bertz CT molecular complexity index is 2250. The highest BCUT2D eigenvalue weighted by atomic mass is 32.2. The molecule has 14 nitrogen and oxygen atoms in total. The normalized spacial score (nSPS) is 16.4. The molecule has 45 heavy (non-hydrogen) atoms. The number of aromatic nitrogens is 4. The van der Waals surface area contributed by atoms with E-state index in [0.29, 0.717) is 28.2 Å². The molecule has 1 saturated heterocycles. The van der Waals surface area contributed by atoms with Crippen LogP contribution in [0.4, 0.5) is 0 Å². The molecule has 2 aromatic heterocycles. The van der Waals surface area contributed by atoms with Crippen LogP contribution in [0, 0.1) is 17.9 Å².